The molecule has 0 bridgehead atoms. The quantitative estimate of drug-likeness (QED) is 0.695. The van der Waals surface area contributed by atoms with Crippen molar-refractivity contribution >= 4 is 28.8 Å². The summed E-state index contributed by atoms with van der Waals surface area (Å²) in [5.74, 6) is -0.373. The molecule has 0 spiro atoms. The predicted octanol–water partition coefficient (Wildman–Crippen LogP) is 3.46. The van der Waals surface area contributed by atoms with Gasteiger partial charge in [0.05, 0.1) is 18.7 Å². The number of hydrogen-bond acceptors (Lipinski definition) is 5. The Balaban J connectivity index is 1.57. The van der Waals surface area contributed by atoms with E-state index in [4.69, 9.17) is 0 Å². The van der Waals surface area contributed by atoms with Gasteiger partial charge in [-0.15, -0.1) is 11.3 Å². The third kappa shape index (κ3) is 4.80. The average molecular weight is 395 g/mol. The Hall–Kier alpha value is -3.06. The normalized spacial score (nSPS) is 10.5. The molecule has 144 valence electrons. The highest BCUT2D eigenvalue weighted by atomic mass is 32.1. The van der Waals surface area contributed by atoms with Crippen molar-refractivity contribution in [3.05, 3.63) is 64.9 Å². The molecular formula is C21H22N4O2S. The fourth-order valence-corrected chi connectivity index (χ4v) is 3.60. The largest absolute Gasteiger partial charge is 0.336 e. The van der Waals surface area contributed by atoms with Gasteiger partial charge in [-0.3, -0.25) is 14.6 Å². The summed E-state index contributed by atoms with van der Waals surface area (Å²) in [6, 6.07) is 9.62. The number of nitrogens with zero attached hydrogens (tertiary/aromatic N) is 3. The van der Waals surface area contributed by atoms with Crippen LogP contribution in [-0.4, -0.2) is 40.3 Å². The van der Waals surface area contributed by atoms with Crippen molar-refractivity contribution in [2.45, 2.75) is 20.3 Å². The van der Waals surface area contributed by atoms with E-state index in [9.17, 15) is 9.59 Å². The van der Waals surface area contributed by atoms with E-state index >= 15 is 0 Å². The Morgan fingerprint density at radius 2 is 1.89 bits per heavy atom. The van der Waals surface area contributed by atoms with Crippen molar-refractivity contribution in [3.63, 3.8) is 0 Å². The molecule has 6 nitrogen and oxygen atoms in total. The standard InChI is InChI=1S/C21H22N4O2S/c1-14-6-4-7-15(2)20(14)24-18(26)12-25(3)19(27)10-17-13-28-21(23-17)16-8-5-9-22-11-16/h4-9,11,13H,10,12H2,1-3H3,(H,24,26). The van der Waals surface area contributed by atoms with Crippen LogP contribution in [0.1, 0.15) is 16.8 Å². The van der Waals surface area contributed by atoms with Crippen LogP contribution < -0.4 is 5.32 Å². The van der Waals surface area contributed by atoms with Crippen molar-refractivity contribution in [3.8, 4) is 10.6 Å². The summed E-state index contributed by atoms with van der Waals surface area (Å²) in [5.41, 5.74) is 4.40. The second kappa shape index (κ2) is 8.75. The van der Waals surface area contributed by atoms with Gasteiger partial charge in [0.25, 0.3) is 0 Å². The van der Waals surface area contributed by atoms with Crippen molar-refractivity contribution < 1.29 is 9.59 Å². The number of para-hydroxylation sites is 1. The number of likely N-dealkylation sites (N-methyl/N-ethyl adjacent to an activating group) is 1. The number of thiazole rings is 1. The van der Waals surface area contributed by atoms with Gasteiger partial charge in [-0.25, -0.2) is 4.98 Å². The molecule has 1 aromatic carbocycles. The first kappa shape index (κ1) is 19.7. The Bertz CT molecular complexity index is 965. The first-order valence-corrected chi connectivity index (χ1v) is 9.77. The topological polar surface area (TPSA) is 75.2 Å². The second-order valence-corrected chi connectivity index (χ2v) is 7.49. The maximum absolute atomic E-state index is 12.5. The molecule has 3 rings (SSSR count). The van der Waals surface area contributed by atoms with Gasteiger partial charge in [-0.1, -0.05) is 18.2 Å². The van der Waals surface area contributed by atoms with Gasteiger partial charge in [0.2, 0.25) is 11.8 Å². The van der Waals surface area contributed by atoms with Crippen LogP contribution in [0.2, 0.25) is 0 Å². The monoisotopic (exact) mass is 394 g/mol. The van der Waals surface area contributed by atoms with E-state index in [1.54, 1.807) is 19.4 Å². The van der Waals surface area contributed by atoms with Crippen LogP contribution in [0, 0.1) is 13.8 Å². The van der Waals surface area contributed by atoms with Gasteiger partial charge in [-0.2, -0.15) is 0 Å². The van der Waals surface area contributed by atoms with Crippen LogP contribution in [0.25, 0.3) is 10.6 Å². The molecule has 0 aliphatic carbocycles. The summed E-state index contributed by atoms with van der Waals surface area (Å²) in [5, 5.41) is 5.59. The Labute approximate surface area is 168 Å². The summed E-state index contributed by atoms with van der Waals surface area (Å²) in [7, 11) is 1.63. The molecule has 0 fully saturated rings. The van der Waals surface area contributed by atoms with Crippen molar-refractivity contribution in [1.82, 2.24) is 14.9 Å². The Morgan fingerprint density at radius 3 is 2.57 bits per heavy atom. The van der Waals surface area contributed by atoms with E-state index in [-0.39, 0.29) is 24.8 Å². The minimum absolute atomic E-state index is 0.00773. The van der Waals surface area contributed by atoms with Crippen LogP contribution >= 0.6 is 11.3 Å². The average Bonchev–Trinajstić information content (AvgIpc) is 3.14. The lowest BCUT2D eigenvalue weighted by molar-refractivity contribution is -0.132. The number of carbonyl (C=O) groups is 2. The number of anilines is 1. The molecule has 0 radical (unpaired) electrons. The zero-order chi connectivity index (χ0) is 20.1. The number of aryl methyl sites for hydroxylation is 2. The van der Waals surface area contributed by atoms with Crippen molar-refractivity contribution in [1.29, 1.82) is 0 Å². The van der Waals surface area contributed by atoms with Gasteiger partial charge in [0.1, 0.15) is 5.01 Å². The minimum atomic E-state index is -0.220. The van der Waals surface area contributed by atoms with Crippen LogP contribution in [0.4, 0.5) is 5.69 Å². The number of hydrogen-bond donors (Lipinski definition) is 1. The van der Waals surface area contributed by atoms with E-state index in [1.807, 2.05) is 49.6 Å². The molecule has 0 saturated heterocycles. The molecule has 2 heterocycles. The van der Waals surface area contributed by atoms with Crippen molar-refractivity contribution in [2.24, 2.45) is 0 Å². The maximum atomic E-state index is 12.5. The molecule has 2 amide bonds. The number of aromatic nitrogens is 2. The fraction of sp³-hybridized carbons (Fsp3) is 0.238. The van der Waals surface area contributed by atoms with Crippen LogP contribution in [0.3, 0.4) is 0 Å². The predicted molar refractivity (Wildman–Crippen MR) is 111 cm³/mol. The Morgan fingerprint density at radius 1 is 1.14 bits per heavy atom. The molecule has 3 aromatic rings. The zero-order valence-corrected chi connectivity index (χ0v) is 16.9. The number of carbonyl (C=O) groups excluding carboxylic acids is 2. The lowest BCUT2D eigenvalue weighted by Crippen LogP contribution is -2.36. The molecule has 28 heavy (non-hydrogen) atoms. The van der Waals surface area contributed by atoms with Gasteiger partial charge in [-0.05, 0) is 37.1 Å². The van der Waals surface area contributed by atoms with E-state index in [2.05, 4.69) is 15.3 Å². The smallest absolute Gasteiger partial charge is 0.243 e. The van der Waals surface area contributed by atoms with Gasteiger partial charge >= 0.3 is 0 Å². The number of rotatable bonds is 6. The molecule has 2 aromatic heterocycles. The van der Waals surface area contributed by atoms with Gasteiger partial charge in [0.15, 0.2) is 0 Å². The number of benzene rings is 1. The number of pyridine rings is 1. The molecule has 7 heteroatoms. The highest BCUT2D eigenvalue weighted by molar-refractivity contribution is 7.13. The van der Waals surface area contributed by atoms with E-state index in [0.29, 0.717) is 5.69 Å². The summed E-state index contributed by atoms with van der Waals surface area (Å²) in [6.07, 6.45) is 3.61. The first-order valence-electron chi connectivity index (χ1n) is 8.89. The van der Waals surface area contributed by atoms with Crippen LogP contribution in [0.5, 0.6) is 0 Å². The van der Waals surface area contributed by atoms with E-state index in [1.165, 1.54) is 16.2 Å². The van der Waals surface area contributed by atoms with Crippen LogP contribution in [0.15, 0.2) is 48.1 Å². The summed E-state index contributed by atoms with van der Waals surface area (Å²) in [4.78, 5) is 34.8. The molecular weight excluding hydrogens is 372 g/mol. The van der Waals surface area contributed by atoms with E-state index in [0.717, 1.165) is 27.4 Å². The molecule has 1 N–H and O–H groups in total. The molecule has 0 aliphatic heterocycles. The second-order valence-electron chi connectivity index (χ2n) is 6.63. The lowest BCUT2D eigenvalue weighted by Gasteiger charge is -2.17. The fourth-order valence-electron chi connectivity index (χ4n) is 2.79. The number of nitrogens with one attached hydrogen (secondary N) is 1. The summed E-state index contributed by atoms with van der Waals surface area (Å²) in [6.45, 7) is 3.88. The number of amides is 2. The lowest BCUT2D eigenvalue weighted by atomic mass is 10.1. The van der Waals surface area contributed by atoms with E-state index < -0.39 is 0 Å². The molecule has 0 unspecified atom stereocenters. The third-order valence-corrected chi connectivity index (χ3v) is 5.28. The molecule has 0 aliphatic rings. The minimum Gasteiger partial charge on any atom is -0.336 e. The molecule has 0 atom stereocenters. The van der Waals surface area contributed by atoms with Crippen LogP contribution in [-0.2, 0) is 16.0 Å². The van der Waals surface area contributed by atoms with Crippen molar-refractivity contribution in [2.75, 3.05) is 18.9 Å². The third-order valence-electron chi connectivity index (χ3n) is 4.34. The summed E-state index contributed by atoms with van der Waals surface area (Å²) < 4.78 is 0. The highest BCUT2D eigenvalue weighted by Crippen LogP contribution is 2.23. The van der Waals surface area contributed by atoms with Gasteiger partial charge in [0, 0.05) is 36.1 Å². The zero-order valence-electron chi connectivity index (χ0n) is 16.1. The highest BCUT2D eigenvalue weighted by Gasteiger charge is 2.16. The Kier molecular flexibility index (Phi) is 6.16. The van der Waals surface area contributed by atoms with Gasteiger partial charge < -0.3 is 10.2 Å². The SMILES string of the molecule is Cc1cccc(C)c1NC(=O)CN(C)C(=O)Cc1csc(-c2cccnc2)n1. The summed E-state index contributed by atoms with van der Waals surface area (Å²) >= 11 is 1.47. The molecule has 0 saturated carbocycles. The first-order chi connectivity index (χ1) is 13.4. The maximum Gasteiger partial charge on any atom is 0.243 e.